The Morgan fingerprint density at radius 1 is 0.319 bits per heavy atom. The number of fused-ring (bicyclic) bond motifs is 6. The van der Waals surface area contributed by atoms with Crippen molar-refractivity contribution in [3.05, 3.63) is 215 Å². The molecule has 9 aromatic carbocycles. The van der Waals surface area contributed by atoms with E-state index in [1.807, 2.05) is 115 Å². The lowest BCUT2D eigenvalue weighted by atomic mass is 9.93. The van der Waals surface area contributed by atoms with Gasteiger partial charge in [-0.05, 0) is 143 Å². The van der Waals surface area contributed by atoms with Crippen LogP contribution >= 0.6 is 0 Å². The molecule has 0 saturated heterocycles. The molecule has 0 unspecified atom stereocenters. The molecular formula is C61H29F3N8. The van der Waals surface area contributed by atoms with Gasteiger partial charge in [-0.2, -0.15) is 44.7 Å². The van der Waals surface area contributed by atoms with E-state index < -0.39 is 11.7 Å². The molecule has 0 atom stereocenters. The molecule has 2 aromatic heterocycles. The summed E-state index contributed by atoms with van der Waals surface area (Å²) in [6, 6.07) is 64.6. The number of nitrogens with zero attached hydrogens (tertiary/aromatic N) is 8. The molecule has 8 nitrogen and oxygen atoms in total. The van der Waals surface area contributed by atoms with Gasteiger partial charge < -0.3 is 9.13 Å². The van der Waals surface area contributed by atoms with Crippen molar-refractivity contribution in [2.45, 2.75) is 6.18 Å². The Hall–Kier alpha value is -10.7. The highest BCUT2D eigenvalue weighted by molar-refractivity contribution is 6.13. The molecule has 0 N–H and O–H groups in total. The molecular weight excluding hydrogens is 902 g/mol. The summed E-state index contributed by atoms with van der Waals surface area (Å²) < 4.78 is 46.2. The molecule has 72 heavy (non-hydrogen) atoms. The topological polar surface area (TPSA) is 153 Å². The van der Waals surface area contributed by atoms with Gasteiger partial charge in [0.1, 0.15) is 0 Å². The first-order valence-electron chi connectivity index (χ1n) is 22.3. The Morgan fingerprint density at radius 3 is 1.29 bits per heavy atom. The first-order chi connectivity index (χ1) is 35.0. The molecule has 11 aromatic rings. The fourth-order valence-electron chi connectivity index (χ4n) is 9.86. The van der Waals surface area contributed by atoms with E-state index in [0.717, 1.165) is 66.9 Å². The summed E-state index contributed by atoms with van der Waals surface area (Å²) in [5.74, 6) is 0. The van der Waals surface area contributed by atoms with Gasteiger partial charge in [-0.1, -0.05) is 66.7 Å². The summed E-state index contributed by atoms with van der Waals surface area (Å²) in [5.41, 5.74) is 10.2. The second-order valence-corrected chi connectivity index (χ2v) is 17.2. The fourth-order valence-corrected chi connectivity index (χ4v) is 9.86. The van der Waals surface area contributed by atoms with Gasteiger partial charge in [0.2, 0.25) is 0 Å². The van der Waals surface area contributed by atoms with Crippen LogP contribution in [0.1, 0.15) is 38.9 Å². The molecule has 11 heteroatoms. The largest absolute Gasteiger partial charge is 0.416 e. The minimum atomic E-state index is -4.67. The molecule has 334 valence electrons. The van der Waals surface area contributed by atoms with Crippen LogP contribution in [-0.2, 0) is 6.18 Å². The van der Waals surface area contributed by atoms with Crippen molar-refractivity contribution in [2.75, 3.05) is 0 Å². The number of rotatable bonds is 6. The van der Waals surface area contributed by atoms with E-state index in [-0.39, 0.29) is 5.56 Å². The van der Waals surface area contributed by atoms with Gasteiger partial charge in [0.15, 0.2) is 0 Å². The SMILES string of the molecule is N#Cc1cc(C#N)cc(-c2ccc3c(c2)c2ccccc2n3-c2ccc(C#N)cc2-c2ccc(-c3ccc(C(F)(F)F)cc3C#N)cc2-n2c3ccccc3c3cc(-c4cc(C#N)cc(C#N)c4)ccc32)c1. The molecule has 0 aliphatic heterocycles. The Morgan fingerprint density at radius 2 is 0.792 bits per heavy atom. The van der Waals surface area contributed by atoms with Crippen molar-refractivity contribution in [1.82, 2.24) is 9.13 Å². The van der Waals surface area contributed by atoms with Gasteiger partial charge >= 0.3 is 6.18 Å². The van der Waals surface area contributed by atoms with E-state index in [4.69, 9.17) is 0 Å². The standard InChI is InChI=1S/C61H29F3N8/c62-61(63,64)47-13-15-48(46(26-47)35-70)43-10-14-51(60(29-43)72-56-8-4-2-6-50(56)54-28-42(12-18-59(54)72)45-23-39(33-68)20-40(24-45)34-69)52-25-36(30-65)9-16-57(52)71-55-7-3-1-5-49(55)53-27-41(11-17-58(53)71)44-21-37(31-66)19-38(22-44)32-67/h1-29H. The lowest BCUT2D eigenvalue weighted by molar-refractivity contribution is -0.137. The maximum atomic E-state index is 14.0. The fraction of sp³-hybridized carbons (Fsp3) is 0.0164. The second kappa shape index (κ2) is 17.1. The molecule has 0 radical (unpaired) electrons. The number of benzene rings is 9. The highest BCUT2D eigenvalue weighted by atomic mass is 19.4. The minimum Gasteiger partial charge on any atom is -0.309 e. The van der Waals surface area contributed by atoms with Crippen LogP contribution in [0.3, 0.4) is 0 Å². The lowest BCUT2D eigenvalue weighted by Crippen LogP contribution is -2.05. The van der Waals surface area contributed by atoms with E-state index in [9.17, 15) is 44.7 Å². The van der Waals surface area contributed by atoms with E-state index >= 15 is 0 Å². The second-order valence-electron chi connectivity index (χ2n) is 17.2. The third-order valence-electron chi connectivity index (χ3n) is 13.1. The third-order valence-corrected chi connectivity index (χ3v) is 13.1. The predicted molar refractivity (Wildman–Crippen MR) is 270 cm³/mol. The van der Waals surface area contributed by atoms with Gasteiger partial charge in [-0.3, -0.25) is 0 Å². The molecule has 0 fully saturated rings. The predicted octanol–water partition coefficient (Wildman–Crippen LogP) is 14.8. The molecule has 0 saturated carbocycles. The number of para-hydroxylation sites is 2. The zero-order valence-corrected chi connectivity index (χ0v) is 37.5. The van der Waals surface area contributed by atoms with E-state index in [0.29, 0.717) is 72.6 Å². The summed E-state index contributed by atoms with van der Waals surface area (Å²) in [6.45, 7) is 0. The first-order valence-corrected chi connectivity index (χ1v) is 22.3. The summed E-state index contributed by atoms with van der Waals surface area (Å²) in [5, 5.41) is 63.5. The first kappa shape index (κ1) is 43.9. The Kier molecular flexibility index (Phi) is 10.4. The minimum absolute atomic E-state index is 0.160. The third kappa shape index (κ3) is 7.29. The van der Waals surface area contributed by atoms with E-state index in [1.54, 1.807) is 42.5 Å². The Balaban J connectivity index is 1.20. The molecule has 0 bridgehead atoms. The maximum absolute atomic E-state index is 14.0. The summed E-state index contributed by atoms with van der Waals surface area (Å²) in [6.07, 6.45) is -4.67. The average molecular weight is 931 g/mol. The normalized spacial score (nSPS) is 11.2. The number of alkyl halides is 3. The smallest absolute Gasteiger partial charge is 0.309 e. The van der Waals surface area contributed by atoms with Crippen molar-refractivity contribution < 1.29 is 13.2 Å². The van der Waals surface area contributed by atoms with Crippen molar-refractivity contribution in [3.63, 3.8) is 0 Å². The van der Waals surface area contributed by atoms with E-state index in [1.165, 1.54) is 12.1 Å². The van der Waals surface area contributed by atoms with Crippen LogP contribution < -0.4 is 0 Å². The molecule has 0 amide bonds. The van der Waals surface area contributed by atoms with Crippen molar-refractivity contribution in [2.24, 2.45) is 0 Å². The number of nitriles is 6. The van der Waals surface area contributed by atoms with Crippen molar-refractivity contribution >= 4 is 43.6 Å². The van der Waals surface area contributed by atoms with Gasteiger partial charge in [-0.25, -0.2) is 0 Å². The van der Waals surface area contributed by atoms with Crippen LogP contribution in [0.2, 0.25) is 0 Å². The van der Waals surface area contributed by atoms with Gasteiger partial charge in [-0.15, -0.1) is 0 Å². The van der Waals surface area contributed by atoms with Crippen LogP contribution in [0.25, 0.3) is 99.5 Å². The summed E-state index contributed by atoms with van der Waals surface area (Å²) in [4.78, 5) is 0. The van der Waals surface area contributed by atoms with Crippen molar-refractivity contribution in [1.29, 1.82) is 31.6 Å². The van der Waals surface area contributed by atoms with Crippen LogP contribution in [0.15, 0.2) is 176 Å². The number of hydrogen-bond acceptors (Lipinski definition) is 6. The number of hydrogen-bond donors (Lipinski definition) is 0. The van der Waals surface area contributed by atoms with Crippen LogP contribution in [0.5, 0.6) is 0 Å². The zero-order valence-electron chi connectivity index (χ0n) is 37.5. The quantitative estimate of drug-likeness (QED) is 0.162. The average Bonchev–Trinajstić information content (AvgIpc) is 3.93. The van der Waals surface area contributed by atoms with Gasteiger partial charge in [0.25, 0.3) is 0 Å². The van der Waals surface area contributed by atoms with E-state index in [2.05, 4.69) is 39.5 Å². The highest BCUT2D eigenvalue weighted by Crippen LogP contribution is 2.44. The Labute approximate surface area is 409 Å². The maximum Gasteiger partial charge on any atom is 0.416 e. The molecule has 0 aliphatic rings. The molecule has 2 heterocycles. The van der Waals surface area contributed by atoms with Gasteiger partial charge in [0.05, 0.1) is 109 Å². The number of halogens is 3. The molecule has 0 aliphatic carbocycles. The monoisotopic (exact) mass is 930 g/mol. The highest BCUT2D eigenvalue weighted by Gasteiger charge is 2.31. The van der Waals surface area contributed by atoms with Gasteiger partial charge in [0, 0.05) is 32.7 Å². The summed E-state index contributed by atoms with van der Waals surface area (Å²) in [7, 11) is 0. The molecule has 11 rings (SSSR count). The number of aromatic nitrogens is 2. The van der Waals surface area contributed by atoms with Crippen LogP contribution in [-0.4, -0.2) is 9.13 Å². The van der Waals surface area contributed by atoms with Crippen LogP contribution in [0, 0.1) is 68.0 Å². The molecule has 0 spiro atoms. The van der Waals surface area contributed by atoms with Crippen molar-refractivity contribution in [3.8, 4) is 92.3 Å². The lowest BCUT2D eigenvalue weighted by Gasteiger charge is -2.20. The Bertz CT molecular complexity index is 4350. The zero-order chi connectivity index (χ0) is 49.8. The van der Waals surface area contributed by atoms with Crippen LogP contribution in [0.4, 0.5) is 13.2 Å². The summed E-state index contributed by atoms with van der Waals surface area (Å²) >= 11 is 0.